The number of rotatable bonds is 4. The van der Waals surface area contributed by atoms with E-state index in [0.29, 0.717) is 32.8 Å². The van der Waals surface area contributed by atoms with Crippen LogP contribution in [0, 0.1) is 10.8 Å². The summed E-state index contributed by atoms with van der Waals surface area (Å²) in [6.07, 6.45) is 4.50. The van der Waals surface area contributed by atoms with Gasteiger partial charge in [-0.2, -0.15) is 0 Å². The molecule has 2 unspecified atom stereocenters. The Kier molecular flexibility index (Phi) is 3.34. The Balaban J connectivity index is 2.13. The Morgan fingerprint density at radius 1 is 1.10 bits per heavy atom. The maximum Gasteiger partial charge on any atom is 0.239 e. The summed E-state index contributed by atoms with van der Waals surface area (Å²) in [4.78, 5) is 13.2. The largest absolute Gasteiger partial charge is 0.349 e. The quantitative estimate of drug-likeness (QED) is 0.587. The molecule has 1 saturated carbocycles. The number of carbonyl (C=O) groups excluding carboxylic acids is 1. The van der Waals surface area contributed by atoms with Crippen LogP contribution in [0.4, 0.5) is 0 Å². The molecule has 1 spiro atoms. The van der Waals surface area contributed by atoms with E-state index in [-0.39, 0.29) is 5.78 Å². The van der Waals surface area contributed by atoms with Crippen molar-refractivity contribution in [1.29, 1.82) is 0 Å². The van der Waals surface area contributed by atoms with E-state index in [9.17, 15) is 4.79 Å². The SMILES string of the molecule is CCOC1(OCC)CC2(C)C=CC1(C)C(=O)C21OCCO1. The maximum atomic E-state index is 13.2. The smallest absolute Gasteiger partial charge is 0.239 e. The second kappa shape index (κ2) is 4.62. The number of fused-ring (bicyclic) bond motifs is 1. The predicted molar refractivity (Wildman–Crippen MR) is 75.6 cm³/mol. The molecule has 2 atom stereocenters. The van der Waals surface area contributed by atoms with Crippen molar-refractivity contribution in [3.63, 3.8) is 0 Å². The van der Waals surface area contributed by atoms with Crippen molar-refractivity contribution in [3.05, 3.63) is 12.2 Å². The average Bonchev–Trinajstić information content (AvgIpc) is 2.92. The number of Topliss-reactive ketones (excluding diaryl/α,β-unsaturated/α-hetero) is 1. The lowest BCUT2D eigenvalue weighted by atomic mass is 9.52. The number of ether oxygens (including phenoxy) is 4. The van der Waals surface area contributed by atoms with Gasteiger partial charge in [0.05, 0.1) is 18.6 Å². The van der Waals surface area contributed by atoms with Crippen molar-refractivity contribution in [2.75, 3.05) is 26.4 Å². The number of hydrogen-bond acceptors (Lipinski definition) is 5. The molecular formula is C16H24O5. The fourth-order valence-electron chi connectivity index (χ4n) is 4.06. The lowest BCUT2D eigenvalue weighted by Gasteiger charge is -2.61. The third kappa shape index (κ3) is 1.63. The zero-order valence-corrected chi connectivity index (χ0v) is 13.2. The molecule has 1 saturated heterocycles. The molecule has 0 aromatic heterocycles. The van der Waals surface area contributed by atoms with Crippen molar-refractivity contribution in [2.24, 2.45) is 10.8 Å². The van der Waals surface area contributed by atoms with E-state index in [4.69, 9.17) is 18.9 Å². The van der Waals surface area contributed by atoms with Gasteiger partial charge in [-0.1, -0.05) is 19.1 Å². The highest BCUT2D eigenvalue weighted by atomic mass is 16.7. The summed E-state index contributed by atoms with van der Waals surface area (Å²) >= 11 is 0. The molecule has 4 rings (SSSR count). The standard InChI is InChI=1S/C16H24O5/c1-5-18-15(19-6-2)11-13(3)7-8-14(15,4)12(17)16(13)20-9-10-21-16/h7-8H,5-6,9-11H2,1-4H3. The lowest BCUT2D eigenvalue weighted by molar-refractivity contribution is -0.340. The van der Waals surface area contributed by atoms with E-state index in [1.807, 2.05) is 39.8 Å². The molecule has 5 nitrogen and oxygen atoms in total. The van der Waals surface area contributed by atoms with Gasteiger partial charge in [-0.05, 0) is 20.8 Å². The van der Waals surface area contributed by atoms with Crippen molar-refractivity contribution in [1.82, 2.24) is 0 Å². The minimum Gasteiger partial charge on any atom is -0.349 e. The first-order chi connectivity index (χ1) is 9.90. The van der Waals surface area contributed by atoms with Crippen LogP contribution in [-0.4, -0.2) is 43.8 Å². The zero-order valence-electron chi connectivity index (χ0n) is 13.2. The van der Waals surface area contributed by atoms with Gasteiger partial charge < -0.3 is 18.9 Å². The van der Waals surface area contributed by atoms with Crippen LogP contribution in [0.3, 0.4) is 0 Å². The first-order valence-corrected chi connectivity index (χ1v) is 7.71. The van der Waals surface area contributed by atoms with E-state index in [1.54, 1.807) is 0 Å². The molecular weight excluding hydrogens is 272 g/mol. The third-order valence-corrected chi connectivity index (χ3v) is 5.15. The van der Waals surface area contributed by atoms with Crippen LogP contribution in [0.15, 0.2) is 12.2 Å². The van der Waals surface area contributed by atoms with Gasteiger partial charge in [-0.25, -0.2) is 0 Å². The summed E-state index contributed by atoms with van der Waals surface area (Å²) in [5.41, 5.74) is -1.48. The molecule has 3 aliphatic carbocycles. The summed E-state index contributed by atoms with van der Waals surface area (Å²) in [7, 11) is 0. The fraction of sp³-hybridized carbons (Fsp3) is 0.812. The van der Waals surface area contributed by atoms with Crippen LogP contribution >= 0.6 is 0 Å². The molecule has 0 radical (unpaired) electrons. The van der Waals surface area contributed by atoms with Gasteiger partial charge in [0.1, 0.15) is 5.41 Å². The Morgan fingerprint density at radius 2 is 1.67 bits per heavy atom. The van der Waals surface area contributed by atoms with E-state index in [2.05, 4.69) is 0 Å². The van der Waals surface area contributed by atoms with Gasteiger partial charge in [-0.15, -0.1) is 0 Å². The Morgan fingerprint density at radius 3 is 2.19 bits per heavy atom. The minimum atomic E-state index is -1.19. The number of carbonyl (C=O) groups is 1. The van der Waals surface area contributed by atoms with Crippen molar-refractivity contribution >= 4 is 5.78 Å². The van der Waals surface area contributed by atoms with Gasteiger partial charge in [0.15, 0.2) is 5.79 Å². The molecule has 1 heterocycles. The van der Waals surface area contributed by atoms with Gasteiger partial charge in [0.2, 0.25) is 11.6 Å². The average molecular weight is 296 g/mol. The minimum absolute atomic E-state index is 0.0920. The molecule has 2 bridgehead atoms. The first kappa shape index (κ1) is 15.2. The number of hydrogen-bond donors (Lipinski definition) is 0. The highest BCUT2D eigenvalue weighted by Crippen LogP contribution is 2.63. The van der Waals surface area contributed by atoms with Crippen molar-refractivity contribution in [2.45, 2.75) is 45.7 Å². The highest BCUT2D eigenvalue weighted by molar-refractivity contribution is 5.97. The summed E-state index contributed by atoms with van der Waals surface area (Å²) in [6.45, 7) is 9.55. The number of ketones is 1. The second-order valence-electron chi connectivity index (χ2n) is 6.39. The third-order valence-electron chi connectivity index (χ3n) is 5.15. The first-order valence-electron chi connectivity index (χ1n) is 7.71. The molecule has 2 fully saturated rings. The highest BCUT2D eigenvalue weighted by Gasteiger charge is 2.75. The van der Waals surface area contributed by atoms with Gasteiger partial charge in [0, 0.05) is 19.6 Å². The van der Waals surface area contributed by atoms with E-state index >= 15 is 0 Å². The van der Waals surface area contributed by atoms with Crippen LogP contribution in [0.5, 0.6) is 0 Å². The molecule has 118 valence electrons. The van der Waals surface area contributed by atoms with Crippen LogP contribution in [0.25, 0.3) is 0 Å². The molecule has 0 N–H and O–H groups in total. The van der Waals surface area contributed by atoms with E-state index in [0.717, 1.165) is 0 Å². The van der Waals surface area contributed by atoms with Gasteiger partial charge in [-0.3, -0.25) is 4.79 Å². The van der Waals surface area contributed by atoms with E-state index < -0.39 is 22.4 Å². The van der Waals surface area contributed by atoms with Crippen molar-refractivity contribution < 1.29 is 23.7 Å². The Bertz CT molecular complexity index is 473. The topological polar surface area (TPSA) is 54.0 Å². The molecule has 0 aromatic rings. The molecule has 0 amide bonds. The fourth-order valence-corrected chi connectivity index (χ4v) is 4.06. The normalized spacial score (nSPS) is 39.3. The summed E-state index contributed by atoms with van der Waals surface area (Å²) in [6, 6.07) is 0. The van der Waals surface area contributed by atoms with Crippen molar-refractivity contribution in [3.8, 4) is 0 Å². The Hall–Kier alpha value is -0.750. The molecule has 0 aromatic carbocycles. The van der Waals surface area contributed by atoms with Crippen LogP contribution in [0.2, 0.25) is 0 Å². The van der Waals surface area contributed by atoms with Gasteiger partial charge >= 0.3 is 0 Å². The second-order valence-corrected chi connectivity index (χ2v) is 6.39. The summed E-state index contributed by atoms with van der Waals surface area (Å²) in [5, 5.41) is 0. The molecule has 1 aliphatic heterocycles. The predicted octanol–water partition coefficient (Wildman–Crippen LogP) is 2.05. The maximum absolute atomic E-state index is 13.2. The summed E-state index contributed by atoms with van der Waals surface area (Å²) < 4.78 is 23.6. The van der Waals surface area contributed by atoms with Crippen LogP contribution in [0.1, 0.15) is 34.1 Å². The lowest BCUT2D eigenvalue weighted by Crippen LogP contribution is -2.74. The molecule has 21 heavy (non-hydrogen) atoms. The van der Waals surface area contributed by atoms with Gasteiger partial charge in [0.25, 0.3) is 0 Å². The van der Waals surface area contributed by atoms with Crippen LogP contribution in [-0.2, 0) is 23.7 Å². The summed E-state index contributed by atoms with van der Waals surface area (Å²) in [5.74, 6) is -2.23. The molecule has 5 heteroatoms. The Labute approximate surface area is 125 Å². The monoisotopic (exact) mass is 296 g/mol. The molecule has 4 aliphatic rings. The van der Waals surface area contributed by atoms with E-state index in [1.165, 1.54) is 0 Å². The zero-order chi connectivity index (χ0) is 15.4. The van der Waals surface area contributed by atoms with Crippen LogP contribution < -0.4 is 0 Å².